The third-order valence-corrected chi connectivity index (χ3v) is 5.08. The van der Waals surface area contributed by atoms with E-state index in [0.29, 0.717) is 34.1 Å². The number of aromatic nitrogens is 2. The lowest BCUT2D eigenvalue weighted by atomic mass is 10.1. The minimum atomic E-state index is -0.100. The summed E-state index contributed by atoms with van der Waals surface area (Å²) in [5.74, 6) is 0.380. The predicted octanol–water partition coefficient (Wildman–Crippen LogP) is 1.96. The second-order valence-corrected chi connectivity index (χ2v) is 7.84. The van der Waals surface area contributed by atoms with Crippen molar-refractivity contribution < 1.29 is 4.79 Å². The third-order valence-electron chi connectivity index (χ3n) is 3.89. The smallest absolute Gasteiger partial charge is 0.264 e. The molecule has 6 nitrogen and oxygen atoms in total. The number of nitrogens with zero attached hydrogens (tertiary/aromatic N) is 4. The van der Waals surface area contributed by atoms with E-state index >= 15 is 0 Å². The van der Waals surface area contributed by atoms with Gasteiger partial charge in [-0.05, 0) is 32.5 Å². The van der Waals surface area contributed by atoms with E-state index in [1.54, 1.807) is 7.05 Å². The van der Waals surface area contributed by atoms with Crippen molar-refractivity contribution in [3.05, 3.63) is 27.1 Å². The van der Waals surface area contributed by atoms with Gasteiger partial charge in [-0.3, -0.25) is 9.59 Å². The number of amides is 1. The monoisotopic (exact) mass is 350 g/mol. The molecule has 0 N–H and O–H groups in total. The zero-order chi connectivity index (χ0) is 18.0. The summed E-state index contributed by atoms with van der Waals surface area (Å²) in [5.41, 5.74) is 0.642. The molecule has 2 rings (SSSR count). The van der Waals surface area contributed by atoms with Crippen molar-refractivity contribution in [2.45, 2.75) is 20.8 Å². The van der Waals surface area contributed by atoms with Crippen molar-refractivity contribution in [1.29, 1.82) is 0 Å². The van der Waals surface area contributed by atoms with Crippen LogP contribution in [0, 0.1) is 12.8 Å². The molecule has 0 bridgehead atoms. The van der Waals surface area contributed by atoms with E-state index in [1.165, 1.54) is 22.2 Å². The largest absolute Gasteiger partial charge is 0.336 e. The van der Waals surface area contributed by atoms with Gasteiger partial charge in [-0.1, -0.05) is 13.8 Å². The minimum absolute atomic E-state index is 0.00639. The summed E-state index contributed by atoms with van der Waals surface area (Å²) in [6.07, 6.45) is 1.51. The van der Waals surface area contributed by atoms with Crippen LogP contribution >= 0.6 is 11.3 Å². The van der Waals surface area contributed by atoms with Crippen molar-refractivity contribution in [2.75, 3.05) is 33.7 Å². The average molecular weight is 350 g/mol. The summed E-state index contributed by atoms with van der Waals surface area (Å²) in [6, 6.07) is 0. The summed E-state index contributed by atoms with van der Waals surface area (Å²) in [6.45, 7) is 8.22. The molecule has 7 heteroatoms. The third kappa shape index (κ3) is 3.84. The quantitative estimate of drug-likeness (QED) is 0.799. The number of hydrogen-bond acceptors (Lipinski definition) is 5. The molecule has 0 spiro atoms. The molecule has 0 aromatic carbocycles. The first-order valence-electron chi connectivity index (χ1n) is 8.11. The van der Waals surface area contributed by atoms with Gasteiger partial charge in [0.25, 0.3) is 11.5 Å². The number of fused-ring (bicyclic) bond motifs is 1. The van der Waals surface area contributed by atoms with E-state index in [0.717, 1.165) is 12.1 Å². The van der Waals surface area contributed by atoms with E-state index in [-0.39, 0.29) is 11.5 Å². The van der Waals surface area contributed by atoms with Crippen LogP contribution < -0.4 is 5.56 Å². The van der Waals surface area contributed by atoms with Crippen LogP contribution in [-0.2, 0) is 7.05 Å². The fraction of sp³-hybridized carbons (Fsp3) is 0.588. The van der Waals surface area contributed by atoms with Crippen LogP contribution in [0.1, 0.15) is 29.1 Å². The van der Waals surface area contributed by atoms with Crippen molar-refractivity contribution in [2.24, 2.45) is 13.0 Å². The average Bonchev–Trinajstić information content (AvgIpc) is 2.83. The Bertz CT molecular complexity index is 792. The Labute approximate surface area is 146 Å². The highest BCUT2D eigenvalue weighted by atomic mass is 32.1. The molecule has 0 aliphatic rings. The SMILES string of the molecule is Cc1c(C(=O)N(CCN(C)C)CC(C)C)sc2ncn(C)c(=O)c12. The maximum absolute atomic E-state index is 13.1. The maximum atomic E-state index is 13.1. The zero-order valence-corrected chi connectivity index (χ0v) is 16.1. The second kappa shape index (κ2) is 7.44. The fourth-order valence-electron chi connectivity index (χ4n) is 2.59. The van der Waals surface area contributed by atoms with E-state index in [4.69, 9.17) is 0 Å². The topological polar surface area (TPSA) is 58.4 Å². The standard InChI is InChI=1S/C17H26N4O2S/c1-11(2)9-21(8-7-19(4)5)17(23)14-12(3)13-15(24-14)18-10-20(6)16(13)22/h10-11H,7-9H2,1-6H3. The molecule has 0 saturated heterocycles. The van der Waals surface area contributed by atoms with E-state index in [1.807, 2.05) is 25.9 Å². The first-order valence-corrected chi connectivity index (χ1v) is 8.92. The lowest BCUT2D eigenvalue weighted by Gasteiger charge is -2.26. The molecule has 2 aromatic rings. The molecule has 0 aliphatic heterocycles. The summed E-state index contributed by atoms with van der Waals surface area (Å²) in [7, 11) is 5.67. The van der Waals surface area contributed by atoms with Crippen molar-refractivity contribution in [3.8, 4) is 0 Å². The number of likely N-dealkylation sites (N-methyl/N-ethyl adjacent to an activating group) is 1. The van der Waals surface area contributed by atoms with Gasteiger partial charge in [-0.15, -0.1) is 11.3 Å². The van der Waals surface area contributed by atoms with Gasteiger partial charge in [0.05, 0.1) is 16.6 Å². The van der Waals surface area contributed by atoms with Crippen molar-refractivity contribution in [3.63, 3.8) is 0 Å². The van der Waals surface area contributed by atoms with Crippen LogP contribution in [0.15, 0.2) is 11.1 Å². The van der Waals surface area contributed by atoms with E-state index in [9.17, 15) is 9.59 Å². The highest BCUT2D eigenvalue weighted by Crippen LogP contribution is 2.28. The summed E-state index contributed by atoms with van der Waals surface area (Å²) in [5, 5.41) is 0.561. The Kier molecular flexibility index (Phi) is 5.77. The van der Waals surface area contributed by atoms with E-state index in [2.05, 4.69) is 23.7 Å². The van der Waals surface area contributed by atoms with Crippen LogP contribution in [0.5, 0.6) is 0 Å². The van der Waals surface area contributed by atoms with Crippen LogP contribution in [0.3, 0.4) is 0 Å². The lowest BCUT2D eigenvalue weighted by Crippen LogP contribution is -2.38. The molecular weight excluding hydrogens is 324 g/mol. The minimum Gasteiger partial charge on any atom is -0.336 e. The molecule has 0 radical (unpaired) electrons. The first-order chi connectivity index (χ1) is 11.2. The number of aryl methyl sites for hydroxylation is 2. The molecule has 0 fully saturated rings. The number of carbonyl (C=O) groups excluding carboxylic acids is 1. The highest BCUT2D eigenvalue weighted by molar-refractivity contribution is 7.20. The van der Waals surface area contributed by atoms with Crippen LogP contribution in [0.2, 0.25) is 0 Å². The van der Waals surface area contributed by atoms with Crippen LogP contribution in [-0.4, -0.2) is 59.0 Å². The van der Waals surface area contributed by atoms with Gasteiger partial charge in [0.15, 0.2) is 0 Å². The normalized spacial score (nSPS) is 11.7. The molecule has 0 saturated carbocycles. The molecule has 0 unspecified atom stereocenters. The molecule has 132 valence electrons. The van der Waals surface area contributed by atoms with Gasteiger partial charge in [-0.2, -0.15) is 0 Å². The molecule has 0 atom stereocenters. The Morgan fingerprint density at radius 1 is 1.33 bits per heavy atom. The first kappa shape index (κ1) is 18.6. The van der Waals surface area contributed by atoms with Gasteiger partial charge in [0, 0.05) is 26.7 Å². The molecule has 1 amide bonds. The van der Waals surface area contributed by atoms with Crippen LogP contribution in [0.4, 0.5) is 0 Å². The molecule has 24 heavy (non-hydrogen) atoms. The predicted molar refractivity (Wildman–Crippen MR) is 98.9 cm³/mol. The Morgan fingerprint density at radius 3 is 2.58 bits per heavy atom. The number of rotatable bonds is 6. The Hall–Kier alpha value is -1.73. The summed E-state index contributed by atoms with van der Waals surface area (Å²) < 4.78 is 1.45. The number of hydrogen-bond donors (Lipinski definition) is 0. The van der Waals surface area contributed by atoms with E-state index < -0.39 is 0 Å². The van der Waals surface area contributed by atoms with Gasteiger partial charge < -0.3 is 14.4 Å². The number of thiophene rings is 1. The lowest BCUT2D eigenvalue weighted by molar-refractivity contribution is 0.0729. The van der Waals surface area contributed by atoms with Crippen molar-refractivity contribution >= 4 is 27.5 Å². The summed E-state index contributed by atoms with van der Waals surface area (Å²) >= 11 is 1.32. The zero-order valence-electron chi connectivity index (χ0n) is 15.3. The van der Waals surface area contributed by atoms with Gasteiger partial charge in [0.1, 0.15) is 4.83 Å². The van der Waals surface area contributed by atoms with Gasteiger partial charge in [-0.25, -0.2) is 4.98 Å². The molecular formula is C17H26N4O2S. The van der Waals surface area contributed by atoms with Crippen molar-refractivity contribution in [1.82, 2.24) is 19.4 Å². The second-order valence-electron chi connectivity index (χ2n) is 6.85. The number of carbonyl (C=O) groups is 1. The van der Waals surface area contributed by atoms with Crippen LogP contribution in [0.25, 0.3) is 10.2 Å². The Morgan fingerprint density at radius 2 is 2.00 bits per heavy atom. The van der Waals surface area contributed by atoms with Gasteiger partial charge >= 0.3 is 0 Å². The molecule has 0 aliphatic carbocycles. The summed E-state index contributed by atoms with van der Waals surface area (Å²) in [4.78, 5) is 34.9. The fourth-order valence-corrected chi connectivity index (χ4v) is 3.70. The molecule has 2 heterocycles. The van der Waals surface area contributed by atoms with Gasteiger partial charge in [0.2, 0.25) is 0 Å². The maximum Gasteiger partial charge on any atom is 0.264 e. The molecule has 2 aromatic heterocycles. The Balaban J connectivity index is 2.42. The highest BCUT2D eigenvalue weighted by Gasteiger charge is 2.24.